The Bertz CT molecular complexity index is 381. The zero-order valence-corrected chi connectivity index (χ0v) is 10.8. The third-order valence-electron chi connectivity index (χ3n) is 2.01. The van der Waals surface area contributed by atoms with Gasteiger partial charge in [0.25, 0.3) is 0 Å². The molecule has 0 spiro atoms. The maximum atomic E-state index is 10.6. The van der Waals surface area contributed by atoms with Crippen LogP contribution in [0.4, 0.5) is 5.69 Å². The molecule has 0 unspecified atom stereocenters. The maximum absolute atomic E-state index is 10.6. The van der Waals surface area contributed by atoms with Crippen molar-refractivity contribution in [3.8, 4) is 5.75 Å². The number of likely N-dealkylation sites (N-methyl/N-ethyl adjacent to an activating group) is 1. The number of aliphatic carboxylic acids is 1. The summed E-state index contributed by atoms with van der Waals surface area (Å²) in [6.45, 7) is 2.38. The number of halogens is 1. The van der Waals surface area contributed by atoms with E-state index in [9.17, 15) is 4.79 Å². The summed E-state index contributed by atoms with van der Waals surface area (Å²) in [4.78, 5) is 12.3. The second-order valence-corrected chi connectivity index (χ2v) is 4.21. The summed E-state index contributed by atoms with van der Waals surface area (Å²) in [7, 11) is 1.72. The Morgan fingerprint density at radius 2 is 2.25 bits per heavy atom. The minimum absolute atomic E-state index is 0.0539. The molecule has 88 valence electrons. The molecule has 0 aliphatic heterocycles. The molecule has 0 heterocycles. The van der Waals surface area contributed by atoms with Crippen molar-refractivity contribution >= 4 is 27.6 Å². The van der Waals surface area contributed by atoms with Gasteiger partial charge in [-0.3, -0.25) is 4.79 Å². The van der Waals surface area contributed by atoms with Crippen LogP contribution in [0, 0.1) is 0 Å². The normalized spacial score (nSPS) is 9.94. The highest BCUT2D eigenvalue weighted by molar-refractivity contribution is 9.10. The van der Waals surface area contributed by atoms with Crippen molar-refractivity contribution in [2.45, 2.75) is 6.92 Å². The number of hydrogen-bond acceptors (Lipinski definition) is 3. The third kappa shape index (κ3) is 3.41. The van der Waals surface area contributed by atoms with Gasteiger partial charge in [0.2, 0.25) is 0 Å². The molecule has 5 heteroatoms. The van der Waals surface area contributed by atoms with E-state index in [2.05, 4.69) is 15.9 Å². The number of ether oxygens (including phenoxy) is 1. The van der Waals surface area contributed by atoms with Crippen molar-refractivity contribution in [3.05, 3.63) is 22.7 Å². The van der Waals surface area contributed by atoms with Crippen molar-refractivity contribution in [1.82, 2.24) is 0 Å². The summed E-state index contributed by atoms with van der Waals surface area (Å²) in [5.74, 6) is -0.187. The van der Waals surface area contributed by atoms with Gasteiger partial charge in [-0.15, -0.1) is 0 Å². The highest BCUT2D eigenvalue weighted by Crippen LogP contribution is 2.30. The molecule has 1 aromatic carbocycles. The van der Waals surface area contributed by atoms with E-state index in [4.69, 9.17) is 9.84 Å². The Hall–Kier alpha value is -1.23. The smallest absolute Gasteiger partial charge is 0.323 e. The van der Waals surface area contributed by atoms with Crippen molar-refractivity contribution < 1.29 is 14.6 Å². The van der Waals surface area contributed by atoms with Crippen molar-refractivity contribution in [2.75, 3.05) is 25.1 Å². The van der Waals surface area contributed by atoms with Gasteiger partial charge >= 0.3 is 5.97 Å². The molecule has 0 atom stereocenters. The van der Waals surface area contributed by atoms with E-state index in [0.29, 0.717) is 12.4 Å². The second kappa shape index (κ2) is 5.75. The molecule has 0 bridgehead atoms. The van der Waals surface area contributed by atoms with Crippen molar-refractivity contribution in [2.24, 2.45) is 0 Å². The molecule has 0 amide bonds. The van der Waals surface area contributed by atoms with E-state index in [-0.39, 0.29) is 6.54 Å². The van der Waals surface area contributed by atoms with Gasteiger partial charge in [0, 0.05) is 11.5 Å². The molecular weight excluding hydrogens is 274 g/mol. The predicted octanol–water partition coefficient (Wildman–Crippen LogP) is 2.37. The Labute approximate surface area is 103 Å². The summed E-state index contributed by atoms with van der Waals surface area (Å²) in [5, 5.41) is 8.73. The first-order chi connectivity index (χ1) is 7.54. The summed E-state index contributed by atoms with van der Waals surface area (Å²) in [5.41, 5.74) is 0.771. The van der Waals surface area contributed by atoms with Gasteiger partial charge in [-0.2, -0.15) is 0 Å². The summed E-state index contributed by atoms with van der Waals surface area (Å²) < 4.78 is 6.36. The van der Waals surface area contributed by atoms with E-state index >= 15 is 0 Å². The van der Waals surface area contributed by atoms with Crippen LogP contribution in [-0.2, 0) is 4.79 Å². The number of carbonyl (C=O) groups is 1. The lowest BCUT2D eigenvalue weighted by Gasteiger charge is -2.20. The number of carboxylic acids is 1. The van der Waals surface area contributed by atoms with E-state index < -0.39 is 5.97 Å². The van der Waals surface area contributed by atoms with Crippen LogP contribution in [0.15, 0.2) is 22.7 Å². The van der Waals surface area contributed by atoms with Crippen LogP contribution < -0.4 is 9.64 Å². The summed E-state index contributed by atoms with van der Waals surface area (Å²) in [6.07, 6.45) is 0. The zero-order chi connectivity index (χ0) is 12.1. The number of rotatable bonds is 5. The molecular formula is C11H14BrNO3. The number of nitrogens with zero attached hydrogens (tertiary/aromatic N) is 1. The number of anilines is 1. The molecule has 0 aromatic heterocycles. The van der Waals surface area contributed by atoms with Gasteiger partial charge in [-0.25, -0.2) is 0 Å². The Morgan fingerprint density at radius 3 is 2.81 bits per heavy atom. The highest BCUT2D eigenvalue weighted by Gasteiger charge is 2.11. The molecule has 0 radical (unpaired) electrons. The van der Waals surface area contributed by atoms with Crippen LogP contribution in [0.2, 0.25) is 0 Å². The van der Waals surface area contributed by atoms with Crippen LogP contribution in [-0.4, -0.2) is 31.3 Å². The number of benzene rings is 1. The third-order valence-corrected chi connectivity index (χ3v) is 2.50. The first kappa shape index (κ1) is 12.8. The van der Waals surface area contributed by atoms with Gasteiger partial charge in [0.1, 0.15) is 12.3 Å². The standard InChI is InChI=1S/C11H14BrNO3/c1-3-16-10-6-8(12)4-5-9(10)13(2)7-11(14)15/h4-6H,3,7H2,1-2H3,(H,14,15). The fourth-order valence-electron chi connectivity index (χ4n) is 1.36. The fourth-order valence-corrected chi connectivity index (χ4v) is 1.70. The maximum Gasteiger partial charge on any atom is 0.323 e. The van der Waals surface area contributed by atoms with Crippen LogP contribution in [0.1, 0.15) is 6.92 Å². The molecule has 0 aliphatic carbocycles. The van der Waals surface area contributed by atoms with Gasteiger partial charge in [0.15, 0.2) is 0 Å². The molecule has 0 fully saturated rings. The van der Waals surface area contributed by atoms with E-state index in [0.717, 1.165) is 10.2 Å². The minimum atomic E-state index is -0.868. The molecule has 0 aliphatic rings. The fraction of sp³-hybridized carbons (Fsp3) is 0.364. The second-order valence-electron chi connectivity index (χ2n) is 3.29. The molecule has 1 N–H and O–H groups in total. The molecule has 1 rings (SSSR count). The zero-order valence-electron chi connectivity index (χ0n) is 9.24. The minimum Gasteiger partial charge on any atom is -0.492 e. The molecule has 16 heavy (non-hydrogen) atoms. The largest absolute Gasteiger partial charge is 0.492 e. The van der Waals surface area contributed by atoms with E-state index in [1.165, 1.54) is 0 Å². The van der Waals surface area contributed by atoms with Crippen LogP contribution in [0.3, 0.4) is 0 Å². The Kier molecular flexibility index (Phi) is 4.61. The molecule has 0 saturated carbocycles. The average molecular weight is 288 g/mol. The van der Waals surface area contributed by atoms with Crippen LogP contribution in [0.25, 0.3) is 0 Å². The van der Waals surface area contributed by atoms with Gasteiger partial charge < -0.3 is 14.7 Å². The summed E-state index contributed by atoms with van der Waals surface area (Å²) >= 11 is 3.35. The number of hydrogen-bond donors (Lipinski definition) is 1. The first-order valence-corrected chi connectivity index (χ1v) is 5.69. The quantitative estimate of drug-likeness (QED) is 0.903. The monoisotopic (exact) mass is 287 g/mol. The lowest BCUT2D eigenvalue weighted by atomic mass is 10.2. The van der Waals surface area contributed by atoms with Crippen molar-refractivity contribution in [3.63, 3.8) is 0 Å². The SMILES string of the molecule is CCOc1cc(Br)ccc1N(C)CC(=O)O. The van der Waals surface area contributed by atoms with Gasteiger partial charge in [-0.05, 0) is 25.1 Å². The summed E-state index contributed by atoms with van der Waals surface area (Å²) in [6, 6.07) is 5.52. The first-order valence-electron chi connectivity index (χ1n) is 4.90. The topological polar surface area (TPSA) is 49.8 Å². The van der Waals surface area contributed by atoms with Gasteiger partial charge in [-0.1, -0.05) is 15.9 Å². The van der Waals surface area contributed by atoms with E-state index in [1.54, 1.807) is 11.9 Å². The average Bonchev–Trinajstić information content (AvgIpc) is 2.17. The predicted molar refractivity (Wildman–Crippen MR) is 66.2 cm³/mol. The Balaban J connectivity index is 2.96. The van der Waals surface area contributed by atoms with Gasteiger partial charge in [0.05, 0.1) is 12.3 Å². The van der Waals surface area contributed by atoms with E-state index in [1.807, 2.05) is 25.1 Å². The Morgan fingerprint density at radius 1 is 1.56 bits per heavy atom. The lowest BCUT2D eigenvalue weighted by molar-refractivity contribution is -0.135. The van der Waals surface area contributed by atoms with Crippen molar-refractivity contribution in [1.29, 1.82) is 0 Å². The van der Waals surface area contributed by atoms with Crippen LogP contribution in [0.5, 0.6) is 5.75 Å². The number of carboxylic acid groups (broad SMARTS) is 1. The molecule has 0 saturated heterocycles. The highest BCUT2D eigenvalue weighted by atomic mass is 79.9. The lowest BCUT2D eigenvalue weighted by Crippen LogP contribution is -2.25. The van der Waals surface area contributed by atoms with Crippen LogP contribution >= 0.6 is 15.9 Å². The molecule has 4 nitrogen and oxygen atoms in total. The molecule has 1 aromatic rings.